The number of nitrogens with one attached hydrogen (secondary N) is 2. The summed E-state index contributed by atoms with van der Waals surface area (Å²) in [6, 6.07) is 9.77. The van der Waals surface area contributed by atoms with Crippen molar-refractivity contribution in [2.75, 3.05) is 17.2 Å². The minimum Gasteiger partial charge on any atom is -0.376 e. The lowest BCUT2D eigenvalue weighted by atomic mass is 10.2. The average Bonchev–Trinajstić information content (AvgIpc) is 2.48. The minimum atomic E-state index is -0.497. The first-order chi connectivity index (χ1) is 10.5. The van der Waals surface area contributed by atoms with Crippen molar-refractivity contribution in [3.8, 4) is 0 Å². The van der Waals surface area contributed by atoms with Crippen molar-refractivity contribution in [1.29, 1.82) is 0 Å². The molecule has 0 atom stereocenters. The molecule has 0 spiro atoms. The van der Waals surface area contributed by atoms with Crippen molar-refractivity contribution in [1.82, 2.24) is 0 Å². The Bertz CT molecular complexity index is 702. The Morgan fingerprint density at radius 1 is 1.23 bits per heavy atom. The van der Waals surface area contributed by atoms with E-state index in [4.69, 9.17) is 0 Å². The molecule has 0 bridgehead atoms. The third kappa shape index (κ3) is 4.02. The topological polar surface area (TPSA) is 84.3 Å². The summed E-state index contributed by atoms with van der Waals surface area (Å²) in [6.07, 6.45) is 0. The number of halogens is 1. The lowest BCUT2D eigenvalue weighted by Gasteiger charge is -2.10. The minimum absolute atomic E-state index is 0.0490. The van der Waals surface area contributed by atoms with Gasteiger partial charge >= 0.3 is 0 Å². The van der Waals surface area contributed by atoms with E-state index in [2.05, 4.69) is 10.6 Å². The molecule has 2 aromatic rings. The zero-order valence-electron chi connectivity index (χ0n) is 11.8. The SMILES string of the molecule is Cc1ccc([N+](=O)[O-])cc1NCC(=O)Nc1ccc(F)cc1. The Morgan fingerprint density at radius 3 is 2.55 bits per heavy atom. The van der Waals surface area contributed by atoms with Gasteiger partial charge in [0.05, 0.1) is 11.5 Å². The van der Waals surface area contributed by atoms with E-state index in [9.17, 15) is 19.3 Å². The predicted molar refractivity (Wildman–Crippen MR) is 81.4 cm³/mol. The van der Waals surface area contributed by atoms with E-state index in [1.807, 2.05) is 0 Å². The molecule has 0 aliphatic heterocycles. The van der Waals surface area contributed by atoms with Gasteiger partial charge in [0, 0.05) is 23.5 Å². The first-order valence-electron chi connectivity index (χ1n) is 6.50. The fraction of sp³-hybridized carbons (Fsp3) is 0.133. The van der Waals surface area contributed by atoms with Crippen LogP contribution in [-0.4, -0.2) is 17.4 Å². The average molecular weight is 303 g/mol. The van der Waals surface area contributed by atoms with Gasteiger partial charge in [0.15, 0.2) is 0 Å². The Labute approximate surface area is 126 Å². The van der Waals surface area contributed by atoms with Crippen molar-refractivity contribution in [3.63, 3.8) is 0 Å². The highest BCUT2D eigenvalue weighted by Gasteiger charge is 2.09. The number of anilines is 2. The molecule has 0 saturated carbocycles. The van der Waals surface area contributed by atoms with Crippen LogP contribution in [0.1, 0.15) is 5.56 Å². The molecule has 0 radical (unpaired) electrons. The van der Waals surface area contributed by atoms with E-state index in [1.165, 1.54) is 36.4 Å². The molecular weight excluding hydrogens is 289 g/mol. The van der Waals surface area contributed by atoms with E-state index in [-0.39, 0.29) is 24.0 Å². The Balaban J connectivity index is 1.97. The van der Waals surface area contributed by atoms with Gasteiger partial charge in [0.2, 0.25) is 5.91 Å². The highest BCUT2D eigenvalue weighted by atomic mass is 19.1. The van der Waals surface area contributed by atoms with E-state index in [0.717, 1.165) is 5.56 Å². The van der Waals surface area contributed by atoms with Gasteiger partial charge in [-0.05, 0) is 36.8 Å². The van der Waals surface area contributed by atoms with Crippen LogP contribution in [-0.2, 0) is 4.79 Å². The number of carbonyl (C=O) groups is 1. The number of hydrogen-bond acceptors (Lipinski definition) is 4. The zero-order valence-corrected chi connectivity index (χ0v) is 11.8. The molecule has 114 valence electrons. The smallest absolute Gasteiger partial charge is 0.271 e. The number of hydrogen-bond donors (Lipinski definition) is 2. The van der Waals surface area contributed by atoms with Gasteiger partial charge in [-0.15, -0.1) is 0 Å². The second-order valence-electron chi connectivity index (χ2n) is 4.66. The van der Waals surface area contributed by atoms with Gasteiger partial charge in [0.25, 0.3) is 5.69 Å². The number of aryl methyl sites for hydroxylation is 1. The van der Waals surface area contributed by atoms with E-state index >= 15 is 0 Å². The van der Waals surface area contributed by atoms with E-state index in [1.54, 1.807) is 13.0 Å². The van der Waals surface area contributed by atoms with Gasteiger partial charge in [-0.3, -0.25) is 14.9 Å². The molecular formula is C15H14FN3O3. The summed E-state index contributed by atoms with van der Waals surface area (Å²) in [5, 5.41) is 16.2. The highest BCUT2D eigenvalue weighted by Crippen LogP contribution is 2.21. The number of non-ortho nitro benzene ring substituents is 1. The second-order valence-corrected chi connectivity index (χ2v) is 4.66. The van der Waals surface area contributed by atoms with Gasteiger partial charge in [-0.25, -0.2) is 4.39 Å². The summed E-state index contributed by atoms with van der Waals surface area (Å²) in [5.41, 5.74) is 1.74. The van der Waals surface area contributed by atoms with E-state index < -0.39 is 4.92 Å². The number of nitrogens with zero attached hydrogens (tertiary/aromatic N) is 1. The Kier molecular flexibility index (Phi) is 4.67. The monoisotopic (exact) mass is 303 g/mol. The fourth-order valence-electron chi connectivity index (χ4n) is 1.83. The molecule has 0 heterocycles. The Morgan fingerprint density at radius 2 is 1.91 bits per heavy atom. The first-order valence-corrected chi connectivity index (χ1v) is 6.50. The van der Waals surface area contributed by atoms with Gasteiger partial charge in [-0.2, -0.15) is 0 Å². The quantitative estimate of drug-likeness (QED) is 0.656. The zero-order chi connectivity index (χ0) is 16.1. The van der Waals surface area contributed by atoms with Crippen LogP contribution in [0.5, 0.6) is 0 Å². The van der Waals surface area contributed by atoms with Crippen molar-refractivity contribution in [2.45, 2.75) is 6.92 Å². The van der Waals surface area contributed by atoms with Crippen LogP contribution in [0.15, 0.2) is 42.5 Å². The molecule has 2 aromatic carbocycles. The lowest BCUT2D eigenvalue weighted by molar-refractivity contribution is -0.384. The standard InChI is InChI=1S/C15H14FN3O3/c1-10-2-7-13(19(21)22)8-14(10)17-9-15(20)18-12-5-3-11(16)4-6-12/h2-8,17H,9H2,1H3,(H,18,20). The van der Waals surface area contributed by atoms with Crippen LogP contribution in [0, 0.1) is 22.9 Å². The summed E-state index contributed by atoms with van der Waals surface area (Å²) >= 11 is 0. The number of carbonyl (C=O) groups excluding carboxylic acids is 1. The molecule has 7 heteroatoms. The number of benzene rings is 2. The van der Waals surface area contributed by atoms with E-state index in [0.29, 0.717) is 11.4 Å². The van der Waals surface area contributed by atoms with Crippen LogP contribution < -0.4 is 10.6 Å². The molecule has 2 rings (SSSR count). The molecule has 6 nitrogen and oxygen atoms in total. The molecule has 0 saturated heterocycles. The maximum absolute atomic E-state index is 12.8. The maximum atomic E-state index is 12.8. The van der Waals surface area contributed by atoms with Crippen molar-refractivity contribution in [2.24, 2.45) is 0 Å². The highest BCUT2D eigenvalue weighted by molar-refractivity contribution is 5.93. The predicted octanol–water partition coefficient (Wildman–Crippen LogP) is 3.09. The summed E-state index contributed by atoms with van der Waals surface area (Å²) in [7, 11) is 0. The van der Waals surface area contributed by atoms with Crippen molar-refractivity contribution in [3.05, 3.63) is 64.0 Å². The van der Waals surface area contributed by atoms with Crippen LogP contribution in [0.25, 0.3) is 0 Å². The van der Waals surface area contributed by atoms with Crippen LogP contribution in [0.3, 0.4) is 0 Å². The van der Waals surface area contributed by atoms with Crippen molar-refractivity contribution < 1.29 is 14.1 Å². The number of nitro benzene ring substituents is 1. The molecule has 0 aliphatic rings. The lowest BCUT2D eigenvalue weighted by Crippen LogP contribution is -2.22. The molecule has 2 N–H and O–H groups in total. The maximum Gasteiger partial charge on any atom is 0.271 e. The summed E-state index contributed by atoms with van der Waals surface area (Å²) in [4.78, 5) is 22.0. The summed E-state index contributed by atoms with van der Waals surface area (Å²) in [5.74, 6) is -0.721. The Hall–Kier alpha value is -2.96. The molecule has 0 unspecified atom stereocenters. The third-order valence-corrected chi connectivity index (χ3v) is 3.00. The summed E-state index contributed by atoms with van der Waals surface area (Å²) < 4.78 is 12.8. The van der Waals surface area contributed by atoms with Gasteiger partial charge in [-0.1, -0.05) is 6.07 Å². The van der Waals surface area contributed by atoms with Crippen LogP contribution in [0.2, 0.25) is 0 Å². The number of rotatable bonds is 5. The molecule has 1 amide bonds. The first kappa shape index (κ1) is 15.4. The van der Waals surface area contributed by atoms with Crippen LogP contribution in [0.4, 0.5) is 21.5 Å². The molecule has 0 aromatic heterocycles. The third-order valence-electron chi connectivity index (χ3n) is 3.00. The molecule has 0 aliphatic carbocycles. The number of nitro groups is 1. The van der Waals surface area contributed by atoms with Crippen LogP contribution >= 0.6 is 0 Å². The largest absolute Gasteiger partial charge is 0.376 e. The van der Waals surface area contributed by atoms with Crippen molar-refractivity contribution >= 4 is 23.0 Å². The number of amides is 1. The summed E-state index contributed by atoms with van der Waals surface area (Å²) in [6.45, 7) is 1.73. The van der Waals surface area contributed by atoms with Gasteiger partial charge in [0.1, 0.15) is 5.82 Å². The van der Waals surface area contributed by atoms with Gasteiger partial charge < -0.3 is 10.6 Å². The second kappa shape index (κ2) is 6.66. The molecule has 0 fully saturated rings. The normalized spacial score (nSPS) is 10.1. The molecule has 22 heavy (non-hydrogen) atoms. The fourth-order valence-corrected chi connectivity index (χ4v) is 1.83.